The maximum atomic E-state index is 5.73. The van der Waals surface area contributed by atoms with Gasteiger partial charge in [0, 0.05) is 24.0 Å². The van der Waals surface area contributed by atoms with Gasteiger partial charge < -0.3 is 0 Å². The van der Waals surface area contributed by atoms with E-state index in [1.54, 1.807) is 6.20 Å². The molecule has 0 saturated carbocycles. The average molecular weight is 264 g/mol. The Morgan fingerprint density at radius 3 is 2.75 bits per heavy atom. The first-order valence-corrected chi connectivity index (χ1v) is 6.57. The number of hydrazine groups is 1. The third-order valence-electron chi connectivity index (χ3n) is 3.40. The van der Waals surface area contributed by atoms with E-state index < -0.39 is 0 Å². The maximum absolute atomic E-state index is 5.73. The second-order valence-corrected chi connectivity index (χ2v) is 4.70. The van der Waals surface area contributed by atoms with E-state index in [2.05, 4.69) is 27.5 Å². The standard InChI is InChI=1S/C16H16N4/c17-20-15(10-12-4-3-8-18-11-12)16-14-6-2-1-5-13(14)7-9-19-16/h1-9,11,15,20H,10,17H2. The lowest BCUT2D eigenvalue weighted by molar-refractivity contribution is 0.542. The minimum Gasteiger partial charge on any atom is -0.271 e. The maximum Gasteiger partial charge on any atom is 0.0679 e. The molecule has 0 fully saturated rings. The van der Waals surface area contributed by atoms with Gasteiger partial charge in [-0.05, 0) is 29.5 Å². The van der Waals surface area contributed by atoms with Crippen LogP contribution in [-0.4, -0.2) is 9.97 Å². The lowest BCUT2D eigenvalue weighted by atomic mass is 10.00. The summed E-state index contributed by atoms with van der Waals surface area (Å²) in [4.78, 5) is 8.65. The van der Waals surface area contributed by atoms with Gasteiger partial charge >= 0.3 is 0 Å². The van der Waals surface area contributed by atoms with E-state index in [1.165, 1.54) is 5.39 Å². The molecule has 20 heavy (non-hydrogen) atoms. The molecule has 0 radical (unpaired) electrons. The van der Waals surface area contributed by atoms with Crippen LogP contribution in [0, 0.1) is 0 Å². The number of rotatable bonds is 4. The quantitative estimate of drug-likeness (QED) is 0.561. The van der Waals surface area contributed by atoms with Gasteiger partial charge in [-0.3, -0.25) is 21.2 Å². The molecular weight excluding hydrogens is 248 g/mol. The number of nitrogens with two attached hydrogens (primary N) is 1. The van der Waals surface area contributed by atoms with Crippen LogP contribution < -0.4 is 11.3 Å². The lowest BCUT2D eigenvalue weighted by Gasteiger charge is -2.17. The highest BCUT2D eigenvalue weighted by molar-refractivity contribution is 5.84. The molecule has 3 aromatic rings. The zero-order valence-corrected chi connectivity index (χ0v) is 11.0. The zero-order chi connectivity index (χ0) is 13.8. The lowest BCUT2D eigenvalue weighted by Crippen LogP contribution is -2.30. The summed E-state index contributed by atoms with van der Waals surface area (Å²) in [5, 5.41) is 2.30. The largest absolute Gasteiger partial charge is 0.271 e. The number of hydrogen-bond acceptors (Lipinski definition) is 4. The summed E-state index contributed by atoms with van der Waals surface area (Å²) in [5.41, 5.74) is 4.97. The molecule has 2 aromatic heterocycles. The number of nitrogens with zero attached hydrogens (tertiary/aromatic N) is 2. The first-order chi connectivity index (χ1) is 9.88. The van der Waals surface area contributed by atoms with Gasteiger partial charge in [0.05, 0.1) is 11.7 Å². The van der Waals surface area contributed by atoms with E-state index in [0.29, 0.717) is 0 Å². The van der Waals surface area contributed by atoms with Gasteiger partial charge in [0.2, 0.25) is 0 Å². The predicted octanol–water partition coefficient (Wildman–Crippen LogP) is 2.38. The van der Waals surface area contributed by atoms with Gasteiger partial charge in [-0.1, -0.05) is 30.3 Å². The molecule has 4 heteroatoms. The highest BCUT2D eigenvalue weighted by Gasteiger charge is 2.15. The Bertz CT molecular complexity index is 692. The van der Waals surface area contributed by atoms with Gasteiger partial charge in [0.15, 0.2) is 0 Å². The molecule has 1 atom stereocenters. The summed E-state index contributed by atoms with van der Waals surface area (Å²) in [6, 6.07) is 14.1. The fourth-order valence-electron chi connectivity index (χ4n) is 2.41. The van der Waals surface area contributed by atoms with E-state index in [4.69, 9.17) is 5.84 Å². The molecule has 0 spiro atoms. The topological polar surface area (TPSA) is 63.8 Å². The molecule has 0 saturated heterocycles. The van der Waals surface area contributed by atoms with Crippen molar-refractivity contribution < 1.29 is 0 Å². The molecule has 3 N–H and O–H groups in total. The van der Waals surface area contributed by atoms with Crippen molar-refractivity contribution in [1.82, 2.24) is 15.4 Å². The minimum atomic E-state index is -0.0368. The van der Waals surface area contributed by atoms with Crippen molar-refractivity contribution in [2.75, 3.05) is 0 Å². The molecule has 0 amide bonds. The third kappa shape index (κ3) is 2.52. The highest BCUT2D eigenvalue weighted by atomic mass is 15.2. The van der Waals surface area contributed by atoms with Crippen LogP contribution in [0.2, 0.25) is 0 Å². The minimum absolute atomic E-state index is 0.0368. The van der Waals surface area contributed by atoms with Gasteiger partial charge in [-0.25, -0.2) is 0 Å². The molecule has 0 aliphatic heterocycles. The molecule has 1 aromatic carbocycles. The Balaban J connectivity index is 1.99. The molecule has 1 unspecified atom stereocenters. The molecular formula is C16H16N4. The van der Waals surface area contributed by atoms with Crippen LogP contribution in [0.5, 0.6) is 0 Å². The number of nitrogens with one attached hydrogen (secondary N) is 1. The summed E-state index contributed by atoms with van der Waals surface area (Å²) < 4.78 is 0. The van der Waals surface area contributed by atoms with Gasteiger partial charge in [-0.15, -0.1) is 0 Å². The number of fused-ring (bicyclic) bond motifs is 1. The first kappa shape index (κ1) is 12.7. The summed E-state index contributed by atoms with van der Waals surface area (Å²) in [6.07, 6.45) is 6.20. The van der Waals surface area contributed by atoms with Crippen molar-refractivity contribution in [2.24, 2.45) is 5.84 Å². The van der Waals surface area contributed by atoms with E-state index >= 15 is 0 Å². The van der Waals surface area contributed by atoms with Crippen molar-refractivity contribution >= 4 is 10.8 Å². The molecule has 0 aliphatic rings. The summed E-state index contributed by atoms with van der Waals surface area (Å²) in [6.45, 7) is 0. The molecule has 0 aliphatic carbocycles. The van der Waals surface area contributed by atoms with Crippen LogP contribution >= 0.6 is 0 Å². The normalized spacial score (nSPS) is 12.4. The highest BCUT2D eigenvalue weighted by Crippen LogP contribution is 2.23. The van der Waals surface area contributed by atoms with Crippen molar-refractivity contribution in [3.05, 3.63) is 72.3 Å². The smallest absolute Gasteiger partial charge is 0.0679 e. The fourth-order valence-corrected chi connectivity index (χ4v) is 2.41. The Hall–Kier alpha value is -2.30. The van der Waals surface area contributed by atoms with Crippen LogP contribution in [0.3, 0.4) is 0 Å². The van der Waals surface area contributed by atoms with Crippen LogP contribution in [0.1, 0.15) is 17.3 Å². The predicted molar refractivity (Wildman–Crippen MR) is 79.7 cm³/mol. The average Bonchev–Trinajstić information content (AvgIpc) is 2.53. The van der Waals surface area contributed by atoms with Gasteiger partial charge in [-0.2, -0.15) is 0 Å². The van der Waals surface area contributed by atoms with Gasteiger partial charge in [0.1, 0.15) is 0 Å². The van der Waals surface area contributed by atoms with Crippen molar-refractivity contribution in [3.63, 3.8) is 0 Å². The zero-order valence-electron chi connectivity index (χ0n) is 11.0. The van der Waals surface area contributed by atoms with E-state index in [0.717, 1.165) is 23.1 Å². The van der Waals surface area contributed by atoms with Crippen molar-refractivity contribution in [3.8, 4) is 0 Å². The molecule has 4 nitrogen and oxygen atoms in total. The van der Waals surface area contributed by atoms with Crippen LogP contribution in [0.25, 0.3) is 10.8 Å². The molecule has 3 rings (SSSR count). The Morgan fingerprint density at radius 2 is 1.95 bits per heavy atom. The second kappa shape index (κ2) is 5.77. The molecule has 0 bridgehead atoms. The number of pyridine rings is 2. The summed E-state index contributed by atoms with van der Waals surface area (Å²) >= 11 is 0. The second-order valence-electron chi connectivity index (χ2n) is 4.70. The summed E-state index contributed by atoms with van der Waals surface area (Å²) in [7, 11) is 0. The monoisotopic (exact) mass is 264 g/mol. The first-order valence-electron chi connectivity index (χ1n) is 6.57. The SMILES string of the molecule is NNC(Cc1cccnc1)c1nccc2ccccc12. The fraction of sp³-hybridized carbons (Fsp3) is 0.125. The van der Waals surface area contributed by atoms with Gasteiger partial charge in [0.25, 0.3) is 0 Å². The van der Waals surface area contributed by atoms with E-state index in [1.807, 2.05) is 42.7 Å². The third-order valence-corrected chi connectivity index (χ3v) is 3.40. The van der Waals surface area contributed by atoms with E-state index in [9.17, 15) is 0 Å². The van der Waals surface area contributed by atoms with Crippen LogP contribution in [0.15, 0.2) is 61.1 Å². The van der Waals surface area contributed by atoms with Crippen LogP contribution in [-0.2, 0) is 6.42 Å². The molecule has 2 heterocycles. The van der Waals surface area contributed by atoms with Crippen molar-refractivity contribution in [1.29, 1.82) is 0 Å². The number of benzene rings is 1. The van der Waals surface area contributed by atoms with Crippen LogP contribution in [0.4, 0.5) is 0 Å². The Labute approximate surface area is 117 Å². The van der Waals surface area contributed by atoms with E-state index in [-0.39, 0.29) is 6.04 Å². The Morgan fingerprint density at radius 1 is 1.05 bits per heavy atom. The summed E-state index contributed by atoms with van der Waals surface area (Å²) in [5.74, 6) is 5.73. The molecule has 100 valence electrons. The van der Waals surface area contributed by atoms with Crippen molar-refractivity contribution in [2.45, 2.75) is 12.5 Å². The number of hydrogen-bond donors (Lipinski definition) is 2. The number of aromatic nitrogens is 2. The Kier molecular flexibility index (Phi) is 3.67.